The van der Waals surface area contributed by atoms with Gasteiger partial charge in [-0.25, -0.2) is 4.98 Å². The van der Waals surface area contributed by atoms with E-state index in [1.165, 1.54) is 38.5 Å². The van der Waals surface area contributed by atoms with Crippen molar-refractivity contribution in [2.75, 3.05) is 6.54 Å². The smallest absolute Gasteiger partial charge is 0.140 e. The third-order valence-corrected chi connectivity index (χ3v) is 6.39. The number of hydrogen-bond donors (Lipinski definition) is 3. The second-order valence-corrected chi connectivity index (χ2v) is 8.27. The summed E-state index contributed by atoms with van der Waals surface area (Å²) in [6.45, 7) is 8.37. The molecule has 0 amide bonds. The van der Waals surface area contributed by atoms with Gasteiger partial charge in [-0.2, -0.15) is 0 Å². The monoisotopic (exact) mass is 411 g/mol. The molecule has 4 aromatic rings. The quantitative estimate of drug-likeness (QED) is 0.453. The highest BCUT2D eigenvalue weighted by atomic mass is 14.9. The molecule has 0 spiro atoms. The van der Waals surface area contributed by atoms with Crippen molar-refractivity contribution in [1.82, 2.24) is 25.3 Å². The number of para-hydroxylation sites is 2. The molecule has 0 saturated heterocycles. The van der Waals surface area contributed by atoms with Gasteiger partial charge in [0.15, 0.2) is 0 Å². The van der Waals surface area contributed by atoms with Crippen LogP contribution in [-0.2, 0) is 13.0 Å². The Hall–Kier alpha value is -3.18. The average molecular weight is 412 g/mol. The van der Waals surface area contributed by atoms with Crippen molar-refractivity contribution in [2.45, 2.75) is 46.1 Å². The highest BCUT2D eigenvalue weighted by molar-refractivity contribution is 5.80. The largest absolute Gasteiger partial charge is 0.358 e. The van der Waals surface area contributed by atoms with Crippen molar-refractivity contribution >= 4 is 23.2 Å². The first kappa shape index (κ1) is 19.8. The lowest BCUT2D eigenvalue weighted by Crippen LogP contribution is -2.28. The fraction of sp³-hybridized carbons (Fsp3) is 0.308. The molecule has 0 radical (unpaired) electrons. The summed E-state index contributed by atoms with van der Waals surface area (Å²) >= 11 is 0. The zero-order chi connectivity index (χ0) is 21.4. The Morgan fingerprint density at radius 2 is 2.00 bits per heavy atom. The van der Waals surface area contributed by atoms with Crippen LogP contribution < -0.4 is 15.9 Å². The Labute approximate surface area is 182 Å². The van der Waals surface area contributed by atoms with E-state index in [1.807, 2.05) is 24.5 Å². The van der Waals surface area contributed by atoms with Crippen LogP contribution in [0.15, 0.2) is 36.7 Å². The summed E-state index contributed by atoms with van der Waals surface area (Å²) in [6.07, 6.45) is 10.7. The van der Waals surface area contributed by atoms with Gasteiger partial charge in [0.25, 0.3) is 0 Å². The molecule has 5 nitrogen and oxygen atoms in total. The number of aryl methyl sites for hydroxylation is 1. The molecule has 3 heterocycles. The minimum Gasteiger partial charge on any atom is -0.358 e. The predicted molar refractivity (Wildman–Crippen MR) is 127 cm³/mol. The molecule has 3 N–H and O–H groups in total. The van der Waals surface area contributed by atoms with E-state index in [0.717, 1.165) is 42.8 Å². The van der Waals surface area contributed by atoms with E-state index in [9.17, 15) is 0 Å². The lowest BCUT2D eigenvalue weighted by Gasteiger charge is -2.18. The van der Waals surface area contributed by atoms with Gasteiger partial charge in [0.1, 0.15) is 5.82 Å². The zero-order valence-electron chi connectivity index (χ0n) is 18.4. The lowest BCUT2D eigenvalue weighted by atomic mass is 9.88. The third-order valence-electron chi connectivity index (χ3n) is 6.39. The highest BCUT2D eigenvalue weighted by Crippen LogP contribution is 2.29. The molecule has 0 bridgehead atoms. The number of rotatable bonds is 6. The first-order valence-electron chi connectivity index (χ1n) is 11.2. The van der Waals surface area contributed by atoms with Gasteiger partial charge in [-0.3, -0.25) is 4.98 Å². The van der Waals surface area contributed by atoms with Crippen LogP contribution in [0.5, 0.6) is 0 Å². The molecule has 1 atom stereocenters. The zero-order valence-corrected chi connectivity index (χ0v) is 18.4. The SMILES string of the molecule is CCNCc1cncc(C2C=c3c(-c4nc5ccccc5[nH]4)c(CC)[nH]c3=CC2)c1C. The summed E-state index contributed by atoms with van der Waals surface area (Å²) < 4.78 is 0. The van der Waals surface area contributed by atoms with Crippen LogP contribution in [0.4, 0.5) is 0 Å². The molecule has 158 valence electrons. The number of pyridine rings is 1. The van der Waals surface area contributed by atoms with Gasteiger partial charge in [-0.05, 0) is 55.1 Å². The molecule has 1 aliphatic carbocycles. The van der Waals surface area contributed by atoms with Crippen LogP contribution in [0.3, 0.4) is 0 Å². The molecule has 1 unspecified atom stereocenters. The van der Waals surface area contributed by atoms with Gasteiger partial charge in [0.2, 0.25) is 0 Å². The van der Waals surface area contributed by atoms with Crippen molar-refractivity contribution < 1.29 is 0 Å². The van der Waals surface area contributed by atoms with Crippen molar-refractivity contribution in [3.05, 3.63) is 69.6 Å². The number of aromatic nitrogens is 4. The fourth-order valence-corrected chi connectivity index (χ4v) is 4.66. The van der Waals surface area contributed by atoms with Gasteiger partial charge in [-0.15, -0.1) is 0 Å². The number of H-pyrrole nitrogens is 2. The molecule has 1 aromatic carbocycles. The molecule has 0 aliphatic heterocycles. The Balaban J connectivity index is 1.64. The van der Waals surface area contributed by atoms with Gasteiger partial charge in [0, 0.05) is 46.7 Å². The Bertz CT molecular complexity index is 1330. The van der Waals surface area contributed by atoms with Gasteiger partial charge >= 0.3 is 0 Å². The summed E-state index contributed by atoms with van der Waals surface area (Å²) in [4.78, 5) is 16.6. The Morgan fingerprint density at radius 1 is 1.13 bits per heavy atom. The number of fused-ring (bicyclic) bond motifs is 2. The maximum atomic E-state index is 4.91. The van der Waals surface area contributed by atoms with E-state index in [-0.39, 0.29) is 0 Å². The van der Waals surface area contributed by atoms with E-state index in [0.29, 0.717) is 5.92 Å². The molecule has 5 heteroatoms. The van der Waals surface area contributed by atoms with E-state index in [2.05, 4.69) is 65.3 Å². The number of nitrogens with one attached hydrogen (secondary N) is 3. The normalized spacial score (nSPS) is 15.5. The van der Waals surface area contributed by atoms with Gasteiger partial charge < -0.3 is 15.3 Å². The fourth-order valence-electron chi connectivity index (χ4n) is 4.66. The van der Waals surface area contributed by atoms with Crippen molar-refractivity contribution in [1.29, 1.82) is 0 Å². The standard InChI is InChI=1S/C26H29N5/c1-4-21-25(26-30-23-8-6-7-9-24(23)31-26)19-12-17(10-11-22(19)29-21)20-15-28-14-18(16(20)3)13-27-5-2/h6-9,11-12,14-15,17,27,29H,4-5,10,13H2,1-3H3,(H,30,31). The molecular formula is C26H29N5. The number of nitrogens with zero attached hydrogens (tertiary/aromatic N) is 2. The summed E-state index contributed by atoms with van der Waals surface area (Å²) in [7, 11) is 0. The van der Waals surface area contributed by atoms with E-state index >= 15 is 0 Å². The van der Waals surface area contributed by atoms with Gasteiger partial charge in [0.05, 0.1) is 11.0 Å². The minimum absolute atomic E-state index is 0.310. The van der Waals surface area contributed by atoms with Crippen molar-refractivity contribution in [3.63, 3.8) is 0 Å². The highest BCUT2D eigenvalue weighted by Gasteiger charge is 2.20. The molecule has 31 heavy (non-hydrogen) atoms. The first-order chi connectivity index (χ1) is 15.2. The summed E-state index contributed by atoms with van der Waals surface area (Å²) in [5, 5.41) is 5.89. The number of imidazole rings is 1. The van der Waals surface area contributed by atoms with Crippen molar-refractivity contribution in [3.8, 4) is 11.4 Å². The third kappa shape index (κ3) is 3.49. The molecule has 3 aromatic heterocycles. The van der Waals surface area contributed by atoms with E-state index < -0.39 is 0 Å². The van der Waals surface area contributed by atoms with Crippen LogP contribution in [0, 0.1) is 6.92 Å². The Kier molecular flexibility index (Phi) is 5.20. The van der Waals surface area contributed by atoms with Crippen LogP contribution in [0.1, 0.15) is 48.6 Å². The van der Waals surface area contributed by atoms with Crippen LogP contribution in [-0.4, -0.2) is 26.5 Å². The van der Waals surface area contributed by atoms with Crippen molar-refractivity contribution in [2.24, 2.45) is 0 Å². The lowest BCUT2D eigenvalue weighted by molar-refractivity contribution is 0.717. The van der Waals surface area contributed by atoms with E-state index in [4.69, 9.17) is 4.98 Å². The van der Waals surface area contributed by atoms with Crippen LogP contribution in [0.2, 0.25) is 0 Å². The minimum atomic E-state index is 0.310. The second-order valence-electron chi connectivity index (χ2n) is 8.27. The predicted octanol–water partition coefficient (Wildman–Crippen LogP) is 3.68. The Morgan fingerprint density at radius 3 is 2.81 bits per heavy atom. The number of benzene rings is 1. The topological polar surface area (TPSA) is 69.4 Å². The summed E-state index contributed by atoms with van der Waals surface area (Å²) in [5.74, 6) is 1.25. The second kappa shape index (κ2) is 8.16. The maximum absolute atomic E-state index is 4.91. The average Bonchev–Trinajstić information content (AvgIpc) is 3.38. The van der Waals surface area contributed by atoms with Crippen LogP contribution >= 0.6 is 0 Å². The number of hydrogen-bond acceptors (Lipinski definition) is 3. The van der Waals surface area contributed by atoms with Gasteiger partial charge in [-0.1, -0.05) is 38.1 Å². The molecule has 0 fully saturated rings. The molecule has 5 rings (SSSR count). The molecule has 1 aliphatic rings. The summed E-state index contributed by atoms with van der Waals surface area (Å²) in [5.41, 5.74) is 8.43. The number of aromatic amines is 2. The summed E-state index contributed by atoms with van der Waals surface area (Å²) in [6, 6.07) is 8.22. The maximum Gasteiger partial charge on any atom is 0.140 e. The molecular weight excluding hydrogens is 382 g/mol. The first-order valence-corrected chi connectivity index (χ1v) is 11.2. The van der Waals surface area contributed by atoms with E-state index in [1.54, 1.807) is 0 Å². The van der Waals surface area contributed by atoms with Crippen LogP contribution in [0.25, 0.3) is 34.6 Å². The molecule has 0 saturated carbocycles.